The molecule has 0 aromatic carbocycles. The first kappa shape index (κ1) is 12.2. The Balaban J connectivity index is 1.76. The number of rotatable bonds is 2. The lowest BCUT2D eigenvalue weighted by Gasteiger charge is -2.40. The normalized spacial score (nSPS) is 31.0. The first-order valence-electron chi connectivity index (χ1n) is 7.31. The Kier molecular flexibility index (Phi) is 3.44. The zero-order valence-electron chi connectivity index (χ0n) is 11.3. The molecule has 1 aliphatic carbocycles. The SMILES string of the molecule is CC(N)C1CCCN(C2CCCc3occc32)C1. The summed E-state index contributed by atoms with van der Waals surface area (Å²) in [5.41, 5.74) is 7.52. The van der Waals surface area contributed by atoms with E-state index < -0.39 is 0 Å². The Morgan fingerprint density at radius 3 is 3.11 bits per heavy atom. The maximum atomic E-state index is 6.09. The van der Waals surface area contributed by atoms with E-state index in [9.17, 15) is 0 Å². The third-order valence-electron chi connectivity index (χ3n) is 4.69. The van der Waals surface area contributed by atoms with Crippen molar-refractivity contribution in [2.75, 3.05) is 13.1 Å². The fourth-order valence-electron chi connectivity index (χ4n) is 3.59. The van der Waals surface area contributed by atoms with Gasteiger partial charge in [0.2, 0.25) is 0 Å². The second-order valence-corrected chi connectivity index (χ2v) is 5.96. The maximum absolute atomic E-state index is 6.09. The van der Waals surface area contributed by atoms with Crippen LogP contribution in [0.4, 0.5) is 0 Å². The number of furan rings is 1. The average Bonchev–Trinajstić information content (AvgIpc) is 2.87. The summed E-state index contributed by atoms with van der Waals surface area (Å²) in [6.07, 6.45) is 8.08. The molecule has 0 amide bonds. The van der Waals surface area contributed by atoms with Gasteiger partial charge < -0.3 is 10.2 Å². The molecule has 0 bridgehead atoms. The molecule has 0 radical (unpaired) electrons. The quantitative estimate of drug-likeness (QED) is 0.875. The predicted octanol–water partition coefficient (Wildman–Crippen LogP) is 2.72. The highest BCUT2D eigenvalue weighted by molar-refractivity contribution is 5.24. The van der Waals surface area contributed by atoms with E-state index in [4.69, 9.17) is 10.2 Å². The highest BCUT2D eigenvalue weighted by Gasteiger charge is 2.32. The van der Waals surface area contributed by atoms with Crippen molar-refractivity contribution in [1.29, 1.82) is 0 Å². The van der Waals surface area contributed by atoms with Crippen LogP contribution in [0.15, 0.2) is 16.7 Å². The molecule has 1 fully saturated rings. The lowest BCUT2D eigenvalue weighted by atomic mass is 9.87. The minimum atomic E-state index is 0.320. The van der Waals surface area contributed by atoms with Gasteiger partial charge in [0.1, 0.15) is 5.76 Å². The first-order valence-corrected chi connectivity index (χ1v) is 7.31. The van der Waals surface area contributed by atoms with Crippen LogP contribution in [0.2, 0.25) is 0 Å². The van der Waals surface area contributed by atoms with Gasteiger partial charge in [0.05, 0.1) is 6.26 Å². The molecule has 2 heterocycles. The van der Waals surface area contributed by atoms with Gasteiger partial charge in [0, 0.05) is 30.6 Å². The summed E-state index contributed by atoms with van der Waals surface area (Å²) >= 11 is 0. The Labute approximate surface area is 109 Å². The van der Waals surface area contributed by atoms with Gasteiger partial charge in [-0.05, 0) is 51.1 Å². The summed E-state index contributed by atoms with van der Waals surface area (Å²) in [5.74, 6) is 1.88. The highest BCUT2D eigenvalue weighted by Crippen LogP contribution is 2.37. The van der Waals surface area contributed by atoms with Crippen LogP contribution in [0, 0.1) is 5.92 Å². The first-order chi connectivity index (χ1) is 8.75. The van der Waals surface area contributed by atoms with Crippen LogP contribution in [0.3, 0.4) is 0 Å². The molecule has 3 rings (SSSR count). The van der Waals surface area contributed by atoms with Gasteiger partial charge in [-0.2, -0.15) is 0 Å². The average molecular weight is 248 g/mol. The van der Waals surface area contributed by atoms with Crippen LogP contribution in [-0.4, -0.2) is 24.0 Å². The van der Waals surface area contributed by atoms with Crippen LogP contribution in [-0.2, 0) is 6.42 Å². The fraction of sp³-hybridized carbons (Fsp3) is 0.733. The number of hydrogen-bond acceptors (Lipinski definition) is 3. The van der Waals surface area contributed by atoms with E-state index in [1.54, 1.807) is 0 Å². The zero-order valence-corrected chi connectivity index (χ0v) is 11.3. The Bertz CT molecular complexity index is 399. The van der Waals surface area contributed by atoms with Crippen LogP contribution in [0.1, 0.15) is 50.0 Å². The Morgan fingerprint density at radius 1 is 1.39 bits per heavy atom. The topological polar surface area (TPSA) is 42.4 Å². The highest BCUT2D eigenvalue weighted by atomic mass is 16.3. The molecule has 100 valence electrons. The molecule has 3 nitrogen and oxygen atoms in total. The molecule has 3 unspecified atom stereocenters. The van der Waals surface area contributed by atoms with Crippen LogP contribution in [0.25, 0.3) is 0 Å². The predicted molar refractivity (Wildman–Crippen MR) is 72.3 cm³/mol. The maximum Gasteiger partial charge on any atom is 0.108 e. The van der Waals surface area contributed by atoms with Gasteiger partial charge in [-0.1, -0.05) is 0 Å². The monoisotopic (exact) mass is 248 g/mol. The van der Waals surface area contributed by atoms with E-state index in [0.29, 0.717) is 18.0 Å². The molecule has 3 atom stereocenters. The number of likely N-dealkylation sites (tertiary alicyclic amines) is 1. The summed E-state index contributed by atoms with van der Waals surface area (Å²) in [6, 6.07) is 3.07. The summed E-state index contributed by atoms with van der Waals surface area (Å²) in [7, 11) is 0. The number of fused-ring (bicyclic) bond motifs is 1. The van der Waals surface area contributed by atoms with Crippen molar-refractivity contribution in [2.45, 2.75) is 51.1 Å². The van der Waals surface area contributed by atoms with Gasteiger partial charge in [-0.3, -0.25) is 4.90 Å². The molecular weight excluding hydrogens is 224 g/mol. The van der Waals surface area contributed by atoms with Gasteiger partial charge in [-0.15, -0.1) is 0 Å². The molecule has 1 aromatic heterocycles. The molecule has 3 heteroatoms. The Hall–Kier alpha value is -0.800. The zero-order chi connectivity index (χ0) is 12.5. The van der Waals surface area contributed by atoms with Crippen LogP contribution in [0.5, 0.6) is 0 Å². The fourth-order valence-corrected chi connectivity index (χ4v) is 3.59. The minimum absolute atomic E-state index is 0.320. The number of nitrogens with two attached hydrogens (primary N) is 1. The van der Waals surface area contributed by atoms with Gasteiger partial charge >= 0.3 is 0 Å². The lowest BCUT2D eigenvalue weighted by Crippen LogP contribution is -2.44. The summed E-state index contributed by atoms with van der Waals surface area (Å²) in [5, 5.41) is 0. The molecule has 2 aliphatic rings. The van der Waals surface area contributed by atoms with Crippen LogP contribution >= 0.6 is 0 Å². The molecule has 18 heavy (non-hydrogen) atoms. The van der Waals surface area contributed by atoms with E-state index >= 15 is 0 Å². The van der Waals surface area contributed by atoms with Gasteiger partial charge in [0.25, 0.3) is 0 Å². The summed E-state index contributed by atoms with van der Waals surface area (Å²) in [6.45, 7) is 4.53. The summed E-state index contributed by atoms with van der Waals surface area (Å²) in [4.78, 5) is 2.64. The number of aryl methyl sites for hydroxylation is 1. The lowest BCUT2D eigenvalue weighted by molar-refractivity contribution is 0.102. The molecule has 2 N–H and O–H groups in total. The standard InChI is InChI=1S/C15H24N2O/c1-11(16)12-4-3-8-17(10-12)14-5-2-6-15-13(14)7-9-18-15/h7,9,11-12,14H,2-6,8,10,16H2,1H3. The number of hydrogen-bond donors (Lipinski definition) is 1. The summed E-state index contributed by atoms with van der Waals surface area (Å²) < 4.78 is 5.60. The molecule has 0 spiro atoms. The molecule has 1 aliphatic heterocycles. The van der Waals surface area contributed by atoms with Crippen molar-refractivity contribution < 1.29 is 4.42 Å². The van der Waals surface area contributed by atoms with Crippen molar-refractivity contribution in [3.05, 3.63) is 23.7 Å². The third kappa shape index (κ3) is 2.21. The minimum Gasteiger partial charge on any atom is -0.469 e. The second-order valence-electron chi connectivity index (χ2n) is 5.96. The van der Waals surface area contributed by atoms with Crippen molar-refractivity contribution >= 4 is 0 Å². The largest absolute Gasteiger partial charge is 0.469 e. The molecule has 1 saturated heterocycles. The second kappa shape index (κ2) is 5.06. The smallest absolute Gasteiger partial charge is 0.108 e. The third-order valence-corrected chi connectivity index (χ3v) is 4.69. The molecular formula is C15H24N2O. The van der Waals surface area contributed by atoms with E-state index in [-0.39, 0.29) is 0 Å². The van der Waals surface area contributed by atoms with Crippen molar-refractivity contribution in [1.82, 2.24) is 4.90 Å². The van der Waals surface area contributed by atoms with Crippen LogP contribution < -0.4 is 5.73 Å². The van der Waals surface area contributed by atoms with E-state index in [2.05, 4.69) is 17.9 Å². The van der Waals surface area contributed by atoms with Gasteiger partial charge in [-0.25, -0.2) is 0 Å². The molecule has 0 saturated carbocycles. The van der Waals surface area contributed by atoms with E-state index in [1.165, 1.54) is 43.6 Å². The van der Waals surface area contributed by atoms with Crippen molar-refractivity contribution in [2.24, 2.45) is 11.7 Å². The van der Waals surface area contributed by atoms with Gasteiger partial charge in [0.15, 0.2) is 0 Å². The van der Waals surface area contributed by atoms with Crippen molar-refractivity contribution in [3.63, 3.8) is 0 Å². The number of piperidine rings is 1. The Morgan fingerprint density at radius 2 is 2.28 bits per heavy atom. The number of nitrogens with zero attached hydrogens (tertiary/aromatic N) is 1. The molecule has 1 aromatic rings. The van der Waals surface area contributed by atoms with E-state index in [0.717, 1.165) is 13.0 Å². The van der Waals surface area contributed by atoms with E-state index in [1.807, 2.05) is 6.26 Å². The van der Waals surface area contributed by atoms with Crippen molar-refractivity contribution in [3.8, 4) is 0 Å².